The quantitative estimate of drug-likeness (QED) is 0.594. The van der Waals surface area contributed by atoms with Crippen LogP contribution in [0, 0.1) is 0 Å². The number of aromatic nitrogens is 1. The molecule has 0 bridgehead atoms. The van der Waals surface area contributed by atoms with Crippen molar-refractivity contribution in [2.75, 3.05) is 7.11 Å². The second kappa shape index (κ2) is 7.40. The van der Waals surface area contributed by atoms with E-state index in [1.54, 1.807) is 37.4 Å². The fourth-order valence-corrected chi connectivity index (χ4v) is 2.51. The van der Waals surface area contributed by atoms with Crippen LogP contribution in [0.25, 0.3) is 11.5 Å². The third kappa shape index (κ3) is 4.00. The maximum absolute atomic E-state index is 11.7. The highest BCUT2D eigenvalue weighted by molar-refractivity contribution is 6.30. The molecule has 1 aromatic heterocycles. The molecule has 0 aliphatic rings. The molecular formula is C19H16ClNO4. The monoisotopic (exact) mass is 357 g/mol. The first-order valence-corrected chi connectivity index (χ1v) is 7.96. The predicted octanol–water partition coefficient (Wildman–Crippen LogP) is 4.79. The second-order valence-corrected chi connectivity index (χ2v) is 5.80. The van der Waals surface area contributed by atoms with Gasteiger partial charge in [0, 0.05) is 16.7 Å². The fourth-order valence-electron chi connectivity index (χ4n) is 2.32. The van der Waals surface area contributed by atoms with Crippen molar-refractivity contribution >= 4 is 17.4 Å². The number of Topliss-reactive ketones (excluding diaryl/α,β-unsaturated/α-hetero) is 1. The van der Waals surface area contributed by atoms with Gasteiger partial charge in [0.1, 0.15) is 30.1 Å². The van der Waals surface area contributed by atoms with Crippen molar-refractivity contribution in [1.29, 1.82) is 0 Å². The molecule has 0 radical (unpaired) electrons. The van der Waals surface area contributed by atoms with Gasteiger partial charge in [0.15, 0.2) is 5.78 Å². The number of benzene rings is 2. The summed E-state index contributed by atoms with van der Waals surface area (Å²) in [7, 11) is 1.56. The van der Waals surface area contributed by atoms with Crippen molar-refractivity contribution < 1.29 is 18.7 Å². The highest BCUT2D eigenvalue weighted by Crippen LogP contribution is 2.27. The van der Waals surface area contributed by atoms with E-state index < -0.39 is 0 Å². The zero-order chi connectivity index (χ0) is 17.8. The van der Waals surface area contributed by atoms with Crippen molar-refractivity contribution in [3.05, 3.63) is 65.0 Å². The molecule has 0 fully saturated rings. The molecule has 1 heterocycles. The molecule has 0 saturated heterocycles. The van der Waals surface area contributed by atoms with Gasteiger partial charge >= 0.3 is 0 Å². The maximum atomic E-state index is 11.7. The van der Waals surface area contributed by atoms with E-state index in [-0.39, 0.29) is 12.4 Å². The molecule has 0 aliphatic heterocycles. The molecule has 0 amide bonds. The van der Waals surface area contributed by atoms with Gasteiger partial charge in [-0.1, -0.05) is 17.7 Å². The highest BCUT2D eigenvalue weighted by Gasteiger charge is 2.12. The van der Waals surface area contributed by atoms with Gasteiger partial charge in [-0.15, -0.1) is 0 Å². The van der Waals surface area contributed by atoms with Crippen LogP contribution in [0.15, 0.2) is 53.1 Å². The number of methoxy groups -OCH3 is 1. The largest absolute Gasteiger partial charge is 0.497 e. The fraction of sp³-hybridized carbons (Fsp3) is 0.158. The summed E-state index contributed by atoms with van der Waals surface area (Å²) < 4.78 is 16.4. The van der Waals surface area contributed by atoms with Crippen LogP contribution in [0.4, 0.5) is 0 Å². The van der Waals surface area contributed by atoms with Crippen molar-refractivity contribution in [2.45, 2.75) is 13.5 Å². The number of ketones is 1. The summed E-state index contributed by atoms with van der Waals surface area (Å²) in [5.74, 6) is 1.43. The van der Waals surface area contributed by atoms with Crippen LogP contribution in [0.5, 0.6) is 11.5 Å². The van der Waals surface area contributed by atoms with Gasteiger partial charge in [-0.05, 0) is 37.3 Å². The summed E-state index contributed by atoms with van der Waals surface area (Å²) in [6, 6.07) is 12.3. The van der Waals surface area contributed by atoms with Crippen LogP contribution in [-0.2, 0) is 6.61 Å². The first-order valence-electron chi connectivity index (χ1n) is 7.59. The number of carbonyl (C=O) groups excluding carboxylic acids is 1. The third-order valence-corrected chi connectivity index (χ3v) is 3.80. The molecule has 2 aromatic carbocycles. The Bertz CT molecular complexity index is 904. The molecule has 128 valence electrons. The molecule has 0 atom stereocenters. The van der Waals surface area contributed by atoms with E-state index in [2.05, 4.69) is 4.98 Å². The molecule has 3 rings (SSSR count). The predicted molar refractivity (Wildman–Crippen MR) is 94.3 cm³/mol. The summed E-state index contributed by atoms with van der Waals surface area (Å²) in [5.41, 5.74) is 1.87. The Hall–Kier alpha value is -2.79. The van der Waals surface area contributed by atoms with Gasteiger partial charge in [-0.3, -0.25) is 4.79 Å². The first kappa shape index (κ1) is 17.0. The number of ether oxygens (including phenoxy) is 2. The Morgan fingerprint density at radius 2 is 2.08 bits per heavy atom. The zero-order valence-electron chi connectivity index (χ0n) is 13.8. The second-order valence-electron chi connectivity index (χ2n) is 5.36. The molecule has 25 heavy (non-hydrogen) atoms. The minimum Gasteiger partial charge on any atom is -0.497 e. The van der Waals surface area contributed by atoms with Gasteiger partial charge < -0.3 is 13.9 Å². The summed E-state index contributed by atoms with van der Waals surface area (Å²) in [6.07, 6.45) is 1.52. The van der Waals surface area contributed by atoms with Crippen molar-refractivity contribution in [1.82, 2.24) is 4.98 Å². The van der Waals surface area contributed by atoms with E-state index in [9.17, 15) is 4.79 Å². The minimum absolute atomic E-state index is 0.0857. The van der Waals surface area contributed by atoms with E-state index in [1.165, 1.54) is 13.2 Å². The topological polar surface area (TPSA) is 61.6 Å². The summed E-state index contributed by atoms with van der Waals surface area (Å²) in [4.78, 5) is 16.1. The molecule has 0 N–H and O–H groups in total. The number of halogens is 1. The lowest BCUT2D eigenvalue weighted by Gasteiger charge is -2.10. The van der Waals surface area contributed by atoms with Crippen LogP contribution in [0.3, 0.4) is 0 Å². The highest BCUT2D eigenvalue weighted by atomic mass is 35.5. The number of oxazole rings is 1. The molecule has 0 saturated carbocycles. The van der Waals surface area contributed by atoms with E-state index in [4.69, 9.17) is 25.5 Å². The normalized spacial score (nSPS) is 10.5. The summed E-state index contributed by atoms with van der Waals surface area (Å²) in [5, 5.41) is 0.607. The number of hydrogen-bond acceptors (Lipinski definition) is 5. The number of rotatable bonds is 6. The molecular weight excluding hydrogens is 342 g/mol. The van der Waals surface area contributed by atoms with Crippen molar-refractivity contribution in [3.8, 4) is 23.0 Å². The molecule has 0 unspecified atom stereocenters. The van der Waals surface area contributed by atoms with Gasteiger partial charge in [-0.25, -0.2) is 4.98 Å². The van der Waals surface area contributed by atoms with E-state index in [0.717, 1.165) is 5.56 Å². The minimum atomic E-state index is -0.0857. The lowest BCUT2D eigenvalue weighted by Crippen LogP contribution is -2.02. The SMILES string of the molecule is COc1ccc(C(C)=O)c(OCc2coc(-c3cccc(Cl)c3)n2)c1. The third-order valence-electron chi connectivity index (χ3n) is 3.57. The maximum Gasteiger partial charge on any atom is 0.226 e. The Labute approximate surface area is 150 Å². The Morgan fingerprint density at radius 3 is 2.80 bits per heavy atom. The van der Waals surface area contributed by atoms with Crippen LogP contribution >= 0.6 is 11.6 Å². The first-order chi connectivity index (χ1) is 12.1. The van der Waals surface area contributed by atoms with Gasteiger partial charge in [0.2, 0.25) is 5.89 Å². The molecule has 3 aromatic rings. The average Bonchev–Trinajstić information content (AvgIpc) is 3.08. The number of carbonyl (C=O) groups is 1. The van der Waals surface area contributed by atoms with Crippen LogP contribution in [0.2, 0.25) is 5.02 Å². The van der Waals surface area contributed by atoms with E-state index in [0.29, 0.717) is 33.7 Å². The summed E-state index contributed by atoms with van der Waals surface area (Å²) in [6.45, 7) is 1.65. The smallest absolute Gasteiger partial charge is 0.226 e. The van der Waals surface area contributed by atoms with E-state index >= 15 is 0 Å². The lowest BCUT2D eigenvalue weighted by atomic mass is 10.1. The van der Waals surface area contributed by atoms with Gasteiger partial charge in [0.05, 0.1) is 12.7 Å². The molecule has 6 heteroatoms. The van der Waals surface area contributed by atoms with Crippen LogP contribution < -0.4 is 9.47 Å². The van der Waals surface area contributed by atoms with Crippen LogP contribution in [-0.4, -0.2) is 17.9 Å². The molecule has 0 aliphatic carbocycles. The Balaban J connectivity index is 1.77. The van der Waals surface area contributed by atoms with Crippen molar-refractivity contribution in [2.24, 2.45) is 0 Å². The zero-order valence-corrected chi connectivity index (χ0v) is 14.5. The number of nitrogens with zero attached hydrogens (tertiary/aromatic N) is 1. The van der Waals surface area contributed by atoms with Crippen molar-refractivity contribution in [3.63, 3.8) is 0 Å². The van der Waals surface area contributed by atoms with Gasteiger partial charge in [0.25, 0.3) is 0 Å². The average molecular weight is 358 g/mol. The van der Waals surface area contributed by atoms with E-state index in [1.807, 2.05) is 12.1 Å². The standard InChI is InChI=1S/C19H16ClNO4/c1-12(22)17-7-6-16(23-2)9-18(17)24-10-15-11-25-19(21-15)13-4-3-5-14(20)8-13/h3-9,11H,10H2,1-2H3. The lowest BCUT2D eigenvalue weighted by molar-refractivity contribution is 0.101. The Kier molecular flexibility index (Phi) is 5.05. The van der Waals surface area contributed by atoms with Crippen LogP contribution in [0.1, 0.15) is 23.0 Å². The van der Waals surface area contributed by atoms with Gasteiger partial charge in [-0.2, -0.15) is 0 Å². The summed E-state index contributed by atoms with van der Waals surface area (Å²) >= 11 is 5.98. The molecule has 0 spiro atoms. The number of hydrogen-bond donors (Lipinski definition) is 0. The molecule has 5 nitrogen and oxygen atoms in total. The Morgan fingerprint density at radius 1 is 1.24 bits per heavy atom.